The molecule has 0 heterocycles. The number of rotatable bonds is 4. The van der Waals surface area contributed by atoms with Gasteiger partial charge in [-0.25, -0.2) is 4.39 Å². The van der Waals surface area contributed by atoms with Gasteiger partial charge in [0.25, 0.3) is 0 Å². The summed E-state index contributed by atoms with van der Waals surface area (Å²) < 4.78 is 18.0. The zero-order valence-corrected chi connectivity index (χ0v) is 9.77. The van der Waals surface area contributed by atoms with E-state index in [0.717, 1.165) is 0 Å². The highest BCUT2D eigenvalue weighted by Crippen LogP contribution is 2.25. The highest BCUT2D eigenvalue weighted by molar-refractivity contribution is 5.32. The molecule has 0 amide bonds. The lowest BCUT2D eigenvalue weighted by Crippen LogP contribution is -2.30. The van der Waals surface area contributed by atoms with Crippen LogP contribution in [0.5, 0.6) is 5.75 Å². The van der Waals surface area contributed by atoms with Crippen LogP contribution in [0, 0.1) is 11.7 Å². The second-order valence-electron chi connectivity index (χ2n) is 4.15. The van der Waals surface area contributed by atoms with Crippen LogP contribution in [0.2, 0.25) is 0 Å². The minimum Gasteiger partial charge on any atom is -0.494 e. The summed E-state index contributed by atoms with van der Waals surface area (Å²) in [6.07, 6.45) is -0.657. The lowest BCUT2D eigenvalue weighted by molar-refractivity contribution is 0.0978. The van der Waals surface area contributed by atoms with Gasteiger partial charge in [-0.15, -0.1) is 0 Å². The van der Waals surface area contributed by atoms with Crippen LogP contribution in [-0.4, -0.2) is 18.3 Å². The SMILES string of the molecule is COc1cc([C@H](N)[C@H](O)C(C)C)ccc1F. The van der Waals surface area contributed by atoms with Crippen LogP contribution in [0.1, 0.15) is 25.5 Å². The average molecular weight is 227 g/mol. The zero-order valence-electron chi connectivity index (χ0n) is 9.77. The van der Waals surface area contributed by atoms with Gasteiger partial charge in [0.15, 0.2) is 11.6 Å². The third-order valence-corrected chi connectivity index (χ3v) is 2.61. The highest BCUT2D eigenvalue weighted by Gasteiger charge is 2.21. The summed E-state index contributed by atoms with van der Waals surface area (Å²) in [5.74, 6) is -0.243. The van der Waals surface area contributed by atoms with Crippen LogP contribution < -0.4 is 10.5 Å². The van der Waals surface area contributed by atoms with Gasteiger partial charge in [-0.05, 0) is 23.6 Å². The molecule has 0 radical (unpaired) electrons. The lowest BCUT2D eigenvalue weighted by Gasteiger charge is -2.22. The maximum absolute atomic E-state index is 13.2. The summed E-state index contributed by atoms with van der Waals surface area (Å²) in [4.78, 5) is 0. The number of nitrogens with two attached hydrogens (primary N) is 1. The number of aliphatic hydroxyl groups is 1. The fraction of sp³-hybridized carbons (Fsp3) is 0.500. The van der Waals surface area contributed by atoms with Gasteiger partial charge in [-0.1, -0.05) is 19.9 Å². The van der Waals surface area contributed by atoms with Crippen molar-refractivity contribution in [2.24, 2.45) is 11.7 Å². The Morgan fingerprint density at radius 3 is 2.50 bits per heavy atom. The smallest absolute Gasteiger partial charge is 0.165 e. The highest BCUT2D eigenvalue weighted by atomic mass is 19.1. The fourth-order valence-corrected chi connectivity index (χ4v) is 1.50. The second kappa shape index (κ2) is 5.27. The Labute approximate surface area is 95.0 Å². The Hall–Kier alpha value is -1.13. The fourth-order valence-electron chi connectivity index (χ4n) is 1.50. The number of benzene rings is 1. The number of ether oxygens (including phenoxy) is 1. The van der Waals surface area contributed by atoms with Gasteiger partial charge in [-0.3, -0.25) is 0 Å². The molecule has 0 saturated heterocycles. The maximum atomic E-state index is 13.2. The van der Waals surface area contributed by atoms with E-state index in [0.29, 0.717) is 5.56 Å². The minimum absolute atomic E-state index is 0.0473. The Kier molecular flexibility index (Phi) is 4.26. The molecule has 0 bridgehead atoms. The molecule has 1 aromatic rings. The number of hydrogen-bond donors (Lipinski definition) is 2. The quantitative estimate of drug-likeness (QED) is 0.825. The first-order chi connectivity index (χ1) is 7.47. The van der Waals surface area contributed by atoms with Crippen LogP contribution in [0.15, 0.2) is 18.2 Å². The molecule has 0 spiro atoms. The molecule has 0 aliphatic carbocycles. The third kappa shape index (κ3) is 2.71. The molecule has 0 aromatic heterocycles. The van der Waals surface area contributed by atoms with Crippen LogP contribution in [0.25, 0.3) is 0 Å². The molecule has 2 atom stereocenters. The van der Waals surface area contributed by atoms with Crippen LogP contribution in [0.4, 0.5) is 4.39 Å². The summed E-state index contributed by atoms with van der Waals surface area (Å²) >= 11 is 0. The monoisotopic (exact) mass is 227 g/mol. The van der Waals surface area contributed by atoms with E-state index in [9.17, 15) is 9.50 Å². The van der Waals surface area contributed by atoms with Gasteiger partial charge in [0.05, 0.1) is 19.3 Å². The van der Waals surface area contributed by atoms with Crippen LogP contribution in [0.3, 0.4) is 0 Å². The van der Waals surface area contributed by atoms with Gasteiger partial charge in [-0.2, -0.15) is 0 Å². The number of hydrogen-bond acceptors (Lipinski definition) is 3. The molecule has 0 unspecified atom stereocenters. The van der Waals surface area contributed by atoms with Crippen LogP contribution in [-0.2, 0) is 0 Å². The summed E-state index contributed by atoms with van der Waals surface area (Å²) in [7, 11) is 1.40. The largest absolute Gasteiger partial charge is 0.494 e. The first-order valence-corrected chi connectivity index (χ1v) is 5.24. The summed E-state index contributed by atoms with van der Waals surface area (Å²) in [5, 5.41) is 9.82. The Morgan fingerprint density at radius 1 is 1.38 bits per heavy atom. The lowest BCUT2D eigenvalue weighted by atomic mass is 9.94. The molecule has 3 N–H and O–H groups in total. The molecule has 0 aliphatic heterocycles. The molecule has 1 rings (SSSR count). The topological polar surface area (TPSA) is 55.5 Å². The first-order valence-electron chi connectivity index (χ1n) is 5.24. The zero-order chi connectivity index (χ0) is 12.3. The van der Waals surface area contributed by atoms with Gasteiger partial charge >= 0.3 is 0 Å². The van der Waals surface area contributed by atoms with Crippen molar-refractivity contribution in [1.29, 1.82) is 0 Å². The van der Waals surface area contributed by atoms with Crippen molar-refractivity contribution in [1.82, 2.24) is 0 Å². The second-order valence-corrected chi connectivity index (χ2v) is 4.15. The predicted molar refractivity (Wildman–Crippen MR) is 60.7 cm³/mol. The summed E-state index contributed by atoms with van der Waals surface area (Å²) in [5.41, 5.74) is 6.55. The number of aliphatic hydroxyl groups excluding tert-OH is 1. The van der Waals surface area contributed by atoms with Crippen molar-refractivity contribution >= 4 is 0 Å². The first kappa shape index (κ1) is 12.9. The number of methoxy groups -OCH3 is 1. The Balaban J connectivity index is 2.96. The van der Waals surface area contributed by atoms with E-state index >= 15 is 0 Å². The normalized spacial score (nSPS) is 14.9. The van der Waals surface area contributed by atoms with E-state index in [2.05, 4.69) is 0 Å². The van der Waals surface area contributed by atoms with Crippen molar-refractivity contribution in [2.75, 3.05) is 7.11 Å². The van der Waals surface area contributed by atoms with Crippen molar-refractivity contribution in [2.45, 2.75) is 26.0 Å². The van der Waals surface area contributed by atoms with E-state index in [-0.39, 0.29) is 11.7 Å². The van der Waals surface area contributed by atoms with Gasteiger partial charge in [0.2, 0.25) is 0 Å². The molecule has 4 heteroatoms. The van der Waals surface area contributed by atoms with Gasteiger partial charge in [0, 0.05) is 0 Å². The van der Waals surface area contributed by atoms with Crippen molar-refractivity contribution < 1.29 is 14.2 Å². The van der Waals surface area contributed by atoms with Crippen molar-refractivity contribution in [3.05, 3.63) is 29.6 Å². The molecule has 0 aliphatic rings. The molecule has 90 valence electrons. The van der Waals surface area contributed by atoms with E-state index < -0.39 is 18.0 Å². The van der Waals surface area contributed by atoms with Gasteiger partial charge in [0.1, 0.15) is 0 Å². The maximum Gasteiger partial charge on any atom is 0.165 e. The Morgan fingerprint density at radius 2 is 2.00 bits per heavy atom. The summed E-state index contributed by atoms with van der Waals surface area (Å²) in [6, 6.07) is 3.84. The number of halogens is 1. The summed E-state index contributed by atoms with van der Waals surface area (Å²) in [6.45, 7) is 3.76. The van der Waals surface area contributed by atoms with E-state index in [1.807, 2.05) is 13.8 Å². The van der Waals surface area contributed by atoms with Crippen LogP contribution >= 0.6 is 0 Å². The van der Waals surface area contributed by atoms with Crippen molar-refractivity contribution in [3.63, 3.8) is 0 Å². The molecule has 1 aromatic carbocycles. The molecular formula is C12H18FNO2. The van der Waals surface area contributed by atoms with E-state index in [1.165, 1.54) is 19.2 Å². The van der Waals surface area contributed by atoms with E-state index in [1.54, 1.807) is 6.07 Å². The van der Waals surface area contributed by atoms with Gasteiger partial charge < -0.3 is 15.6 Å². The molecule has 3 nitrogen and oxygen atoms in total. The molecule has 0 fully saturated rings. The minimum atomic E-state index is -0.657. The van der Waals surface area contributed by atoms with Crippen molar-refractivity contribution in [3.8, 4) is 5.75 Å². The third-order valence-electron chi connectivity index (χ3n) is 2.61. The standard InChI is InChI=1S/C12H18FNO2/c1-7(2)12(15)11(14)8-4-5-9(13)10(6-8)16-3/h4-7,11-12,15H,14H2,1-3H3/t11-,12+/m0/s1. The molecule has 0 saturated carbocycles. The average Bonchev–Trinajstić information content (AvgIpc) is 2.27. The Bertz CT molecular complexity index is 355. The predicted octanol–water partition coefficient (Wildman–Crippen LogP) is 1.85. The molecule has 16 heavy (non-hydrogen) atoms. The van der Waals surface area contributed by atoms with E-state index in [4.69, 9.17) is 10.5 Å². The molecular weight excluding hydrogens is 209 g/mol.